The van der Waals surface area contributed by atoms with Crippen molar-refractivity contribution in [2.45, 2.75) is 6.92 Å². The fourth-order valence-electron chi connectivity index (χ4n) is 1.71. The van der Waals surface area contributed by atoms with Crippen LogP contribution in [0.5, 0.6) is 0 Å². The summed E-state index contributed by atoms with van der Waals surface area (Å²) >= 11 is 12.0. The molecule has 2 rings (SSSR count). The Balaban J connectivity index is 2.51. The molecule has 0 saturated carbocycles. The summed E-state index contributed by atoms with van der Waals surface area (Å²) in [5.41, 5.74) is -0.183. The minimum Gasteiger partial charge on any atom is -0.478 e. The molecule has 110 valence electrons. The van der Waals surface area contributed by atoms with Crippen LogP contribution in [0.25, 0.3) is 0 Å². The number of benzene rings is 2. The van der Waals surface area contributed by atoms with Crippen LogP contribution in [0.1, 0.15) is 15.9 Å². The quantitative estimate of drug-likeness (QED) is 0.829. The topological polar surface area (TPSA) is 49.3 Å². The van der Waals surface area contributed by atoms with Gasteiger partial charge in [0.2, 0.25) is 0 Å². The summed E-state index contributed by atoms with van der Waals surface area (Å²) in [5.74, 6) is -3.53. The molecule has 0 amide bonds. The Bertz CT molecular complexity index is 712. The highest BCUT2D eigenvalue weighted by molar-refractivity contribution is 6.39. The van der Waals surface area contributed by atoms with E-state index in [2.05, 4.69) is 5.32 Å². The third-order valence-corrected chi connectivity index (χ3v) is 3.63. The maximum absolute atomic E-state index is 13.9. The van der Waals surface area contributed by atoms with Crippen molar-refractivity contribution >= 4 is 40.5 Å². The smallest absolute Gasteiger partial charge is 0.335 e. The Kier molecular flexibility index (Phi) is 4.34. The monoisotopic (exact) mass is 331 g/mol. The molecule has 21 heavy (non-hydrogen) atoms. The number of aryl methyl sites for hydroxylation is 1. The fourth-order valence-corrected chi connectivity index (χ4v) is 2.18. The largest absolute Gasteiger partial charge is 0.478 e. The lowest BCUT2D eigenvalue weighted by molar-refractivity contribution is 0.0696. The molecule has 0 aliphatic carbocycles. The SMILES string of the molecule is Cc1ccc(Cl)c(Nc2c(F)cc(C(=O)O)cc2F)c1Cl. The molecule has 2 aromatic carbocycles. The first-order valence-corrected chi connectivity index (χ1v) is 6.50. The number of carbonyl (C=O) groups is 1. The first-order valence-electron chi connectivity index (χ1n) is 5.75. The van der Waals surface area contributed by atoms with Crippen LogP contribution in [-0.2, 0) is 0 Å². The van der Waals surface area contributed by atoms with Gasteiger partial charge in [0.1, 0.15) is 5.69 Å². The third-order valence-electron chi connectivity index (χ3n) is 2.82. The molecule has 0 aliphatic rings. The van der Waals surface area contributed by atoms with E-state index in [4.69, 9.17) is 28.3 Å². The molecule has 0 aliphatic heterocycles. The van der Waals surface area contributed by atoms with E-state index < -0.39 is 28.9 Å². The molecular weight excluding hydrogens is 323 g/mol. The van der Waals surface area contributed by atoms with E-state index >= 15 is 0 Å². The van der Waals surface area contributed by atoms with Crippen LogP contribution < -0.4 is 5.32 Å². The predicted molar refractivity (Wildman–Crippen MR) is 77.8 cm³/mol. The zero-order valence-electron chi connectivity index (χ0n) is 10.7. The molecule has 0 unspecified atom stereocenters. The highest BCUT2D eigenvalue weighted by atomic mass is 35.5. The van der Waals surface area contributed by atoms with Crippen molar-refractivity contribution in [3.8, 4) is 0 Å². The van der Waals surface area contributed by atoms with Gasteiger partial charge in [-0.3, -0.25) is 0 Å². The maximum Gasteiger partial charge on any atom is 0.335 e. The lowest BCUT2D eigenvalue weighted by atomic mass is 10.1. The number of nitrogens with one attached hydrogen (secondary N) is 1. The molecule has 0 heterocycles. The molecule has 0 radical (unpaired) electrons. The zero-order chi connectivity index (χ0) is 15.7. The second-order valence-electron chi connectivity index (χ2n) is 4.30. The number of carboxylic acid groups (broad SMARTS) is 1. The van der Waals surface area contributed by atoms with Gasteiger partial charge in [-0.2, -0.15) is 0 Å². The Morgan fingerprint density at radius 2 is 1.71 bits per heavy atom. The molecule has 0 aromatic heterocycles. The Morgan fingerprint density at radius 3 is 2.24 bits per heavy atom. The molecule has 3 nitrogen and oxygen atoms in total. The lowest BCUT2D eigenvalue weighted by Crippen LogP contribution is -2.04. The number of hydrogen-bond acceptors (Lipinski definition) is 2. The van der Waals surface area contributed by atoms with Gasteiger partial charge in [0, 0.05) is 0 Å². The van der Waals surface area contributed by atoms with Gasteiger partial charge in [-0.1, -0.05) is 29.3 Å². The predicted octanol–water partition coefficient (Wildman–Crippen LogP) is 5.02. The summed E-state index contributed by atoms with van der Waals surface area (Å²) in [5, 5.41) is 11.6. The summed E-state index contributed by atoms with van der Waals surface area (Å²) in [6, 6.07) is 4.62. The summed E-state index contributed by atoms with van der Waals surface area (Å²) in [6.45, 7) is 1.71. The van der Waals surface area contributed by atoms with Crippen LogP contribution >= 0.6 is 23.2 Å². The molecular formula is C14H9Cl2F2NO2. The van der Waals surface area contributed by atoms with Crippen molar-refractivity contribution in [1.82, 2.24) is 0 Å². The number of halogens is 4. The average Bonchev–Trinajstić information content (AvgIpc) is 2.41. The maximum atomic E-state index is 13.9. The lowest BCUT2D eigenvalue weighted by Gasteiger charge is -2.14. The second-order valence-corrected chi connectivity index (χ2v) is 5.08. The number of rotatable bonds is 3. The minimum atomic E-state index is -1.43. The summed E-state index contributed by atoms with van der Waals surface area (Å²) in [7, 11) is 0. The van der Waals surface area contributed by atoms with Gasteiger partial charge >= 0.3 is 5.97 Å². The van der Waals surface area contributed by atoms with Crippen molar-refractivity contribution in [3.05, 3.63) is 57.1 Å². The van der Waals surface area contributed by atoms with E-state index in [9.17, 15) is 13.6 Å². The van der Waals surface area contributed by atoms with Crippen molar-refractivity contribution in [2.24, 2.45) is 0 Å². The Hall–Kier alpha value is -1.85. The van der Waals surface area contributed by atoms with E-state index in [0.29, 0.717) is 17.7 Å². The molecule has 2 aromatic rings. The van der Waals surface area contributed by atoms with Crippen LogP contribution in [0, 0.1) is 18.6 Å². The van der Waals surface area contributed by atoms with Gasteiger partial charge < -0.3 is 10.4 Å². The van der Waals surface area contributed by atoms with E-state index in [1.807, 2.05) is 0 Å². The van der Waals surface area contributed by atoms with Crippen LogP contribution in [0.4, 0.5) is 20.2 Å². The normalized spacial score (nSPS) is 10.5. The highest BCUT2D eigenvalue weighted by Gasteiger charge is 2.17. The van der Waals surface area contributed by atoms with Crippen LogP contribution in [0.3, 0.4) is 0 Å². The summed E-state index contributed by atoms with van der Waals surface area (Å²) in [6.07, 6.45) is 0. The van der Waals surface area contributed by atoms with Gasteiger partial charge in [0.25, 0.3) is 0 Å². The number of carboxylic acids is 1. The fraction of sp³-hybridized carbons (Fsp3) is 0.0714. The van der Waals surface area contributed by atoms with Gasteiger partial charge in [-0.25, -0.2) is 13.6 Å². The molecule has 0 atom stereocenters. The Labute approximate surface area is 129 Å². The van der Waals surface area contributed by atoms with Crippen molar-refractivity contribution in [3.63, 3.8) is 0 Å². The summed E-state index contributed by atoms with van der Waals surface area (Å²) in [4.78, 5) is 10.7. The molecule has 0 spiro atoms. The molecule has 7 heteroatoms. The van der Waals surface area contributed by atoms with Gasteiger partial charge in [0.05, 0.1) is 21.3 Å². The van der Waals surface area contributed by atoms with Crippen LogP contribution in [0.2, 0.25) is 10.0 Å². The van der Waals surface area contributed by atoms with E-state index in [0.717, 1.165) is 0 Å². The van der Waals surface area contributed by atoms with Crippen molar-refractivity contribution in [2.75, 3.05) is 5.32 Å². The summed E-state index contributed by atoms with van der Waals surface area (Å²) < 4.78 is 27.7. The Morgan fingerprint density at radius 1 is 1.14 bits per heavy atom. The number of hydrogen-bond donors (Lipinski definition) is 2. The van der Waals surface area contributed by atoms with Gasteiger partial charge in [0.15, 0.2) is 11.6 Å². The molecule has 0 fully saturated rings. The van der Waals surface area contributed by atoms with Gasteiger partial charge in [-0.05, 0) is 30.7 Å². The van der Waals surface area contributed by atoms with E-state index in [1.165, 1.54) is 6.07 Å². The standard InChI is InChI=1S/C14H9Cl2F2NO2/c1-6-2-3-8(15)12(11(6)16)19-13-9(17)4-7(14(20)21)5-10(13)18/h2-5,19H,1H3,(H,20,21). The van der Waals surface area contributed by atoms with Gasteiger partial charge in [-0.15, -0.1) is 0 Å². The highest BCUT2D eigenvalue weighted by Crippen LogP contribution is 2.36. The van der Waals surface area contributed by atoms with E-state index in [-0.39, 0.29) is 15.7 Å². The van der Waals surface area contributed by atoms with Crippen LogP contribution in [0.15, 0.2) is 24.3 Å². The number of anilines is 2. The van der Waals surface area contributed by atoms with E-state index in [1.54, 1.807) is 13.0 Å². The molecule has 0 saturated heterocycles. The van der Waals surface area contributed by atoms with Crippen molar-refractivity contribution < 1.29 is 18.7 Å². The van der Waals surface area contributed by atoms with Crippen molar-refractivity contribution in [1.29, 1.82) is 0 Å². The third kappa shape index (κ3) is 3.09. The first kappa shape index (κ1) is 15.5. The molecule has 2 N–H and O–H groups in total. The first-order chi connectivity index (χ1) is 9.81. The zero-order valence-corrected chi connectivity index (χ0v) is 12.2. The second kappa shape index (κ2) is 5.87. The average molecular weight is 332 g/mol. The minimum absolute atomic E-state index is 0.152. The van der Waals surface area contributed by atoms with Crippen LogP contribution in [-0.4, -0.2) is 11.1 Å². The molecule has 0 bridgehead atoms. The number of aromatic carboxylic acids is 1.